The molecule has 6 heteroatoms. The van der Waals surface area contributed by atoms with E-state index in [0.29, 0.717) is 12.2 Å². The van der Waals surface area contributed by atoms with Gasteiger partial charge < -0.3 is 5.73 Å². The summed E-state index contributed by atoms with van der Waals surface area (Å²) in [6.45, 7) is 2.71. The first-order chi connectivity index (χ1) is 11.1. The molecule has 0 fully saturated rings. The van der Waals surface area contributed by atoms with Crippen LogP contribution in [0.15, 0.2) is 58.1 Å². The van der Waals surface area contributed by atoms with Gasteiger partial charge in [-0.2, -0.15) is 0 Å². The number of hydrogen-bond donors (Lipinski definition) is 1. The van der Waals surface area contributed by atoms with Crippen LogP contribution in [-0.4, -0.2) is 8.52 Å². The number of nitrogens with two attached hydrogens (primary N) is 1. The van der Waals surface area contributed by atoms with Crippen molar-refractivity contribution >= 4 is 11.5 Å². The van der Waals surface area contributed by atoms with Crippen molar-refractivity contribution in [2.24, 2.45) is 5.73 Å². The van der Waals surface area contributed by atoms with E-state index in [4.69, 9.17) is 5.73 Å². The molecular weight excluding hydrogens is 310 g/mol. The molecule has 0 unspecified atom stereocenters. The Morgan fingerprint density at radius 3 is 2.17 bits per heavy atom. The summed E-state index contributed by atoms with van der Waals surface area (Å²) in [4.78, 5) is 24.4. The maximum absolute atomic E-state index is 12.5. The van der Waals surface area contributed by atoms with Crippen LogP contribution in [0.2, 0.25) is 0 Å². The number of benzene rings is 2. The van der Waals surface area contributed by atoms with E-state index >= 15 is 0 Å². The number of aromatic nitrogens is 2. The molecule has 2 aromatic carbocycles. The Bertz CT molecular complexity index is 918. The van der Waals surface area contributed by atoms with Crippen LogP contribution in [0.3, 0.4) is 0 Å². The number of aryl methyl sites for hydroxylation is 1. The van der Waals surface area contributed by atoms with Gasteiger partial charge in [0.25, 0.3) is 0 Å². The Labute approximate surface area is 137 Å². The van der Waals surface area contributed by atoms with Crippen LogP contribution in [0, 0.1) is 6.92 Å². The lowest BCUT2D eigenvalue weighted by Crippen LogP contribution is -2.28. The molecule has 0 aliphatic heterocycles. The summed E-state index contributed by atoms with van der Waals surface area (Å²) < 4.78 is 2.68. The summed E-state index contributed by atoms with van der Waals surface area (Å²) in [6, 6.07) is 15.1. The van der Waals surface area contributed by atoms with Crippen molar-refractivity contribution in [3.05, 3.63) is 85.4 Å². The zero-order valence-corrected chi connectivity index (χ0v) is 13.5. The molecule has 0 atom stereocenters. The van der Waals surface area contributed by atoms with E-state index in [0.717, 1.165) is 28.2 Å². The van der Waals surface area contributed by atoms with E-state index in [1.54, 1.807) is 0 Å². The lowest BCUT2D eigenvalue weighted by Gasteiger charge is -2.03. The smallest absolute Gasteiger partial charge is 0.326 e. The standard InChI is InChI=1S/C17H17N3O2S/c1-12-2-8-15(9-3-12)20-16(21)19(17(22)23-20)11-14-6-4-13(10-18)5-7-14/h2-9H,10-11,18H2,1H3. The minimum atomic E-state index is -0.313. The summed E-state index contributed by atoms with van der Waals surface area (Å²) in [5.41, 5.74) is 8.99. The topological polar surface area (TPSA) is 70.0 Å². The van der Waals surface area contributed by atoms with Crippen molar-refractivity contribution in [2.75, 3.05) is 0 Å². The van der Waals surface area contributed by atoms with Crippen molar-refractivity contribution in [3.63, 3.8) is 0 Å². The maximum Gasteiger partial charge on any atom is 0.346 e. The van der Waals surface area contributed by atoms with Crippen molar-refractivity contribution < 1.29 is 0 Å². The molecule has 0 aliphatic rings. The highest BCUT2D eigenvalue weighted by molar-refractivity contribution is 7.03. The van der Waals surface area contributed by atoms with Crippen LogP contribution in [0.25, 0.3) is 5.69 Å². The van der Waals surface area contributed by atoms with Crippen molar-refractivity contribution in [1.82, 2.24) is 8.52 Å². The predicted molar refractivity (Wildman–Crippen MR) is 92.3 cm³/mol. The second kappa shape index (κ2) is 6.36. The highest BCUT2D eigenvalue weighted by Gasteiger charge is 2.12. The molecule has 0 saturated carbocycles. The molecule has 118 valence electrons. The fourth-order valence-corrected chi connectivity index (χ4v) is 3.09. The molecule has 2 N–H and O–H groups in total. The molecule has 5 nitrogen and oxygen atoms in total. The zero-order valence-electron chi connectivity index (χ0n) is 12.7. The second-order valence-electron chi connectivity index (χ2n) is 5.38. The average molecular weight is 327 g/mol. The summed E-state index contributed by atoms with van der Waals surface area (Å²) >= 11 is 0.918. The van der Waals surface area contributed by atoms with E-state index in [2.05, 4.69) is 0 Å². The highest BCUT2D eigenvalue weighted by Crippen LogP contribution is 2.09. The van der Waals surface area contributed by atoms with E-state index < -0.39 is 0 Å². The van der Waals surface area contributed by atoms with Gasteiger partial charge in [0.15, 0.2) is 0 Å². The fraction of sp³-hybridized carbons (Fsp3) is 0.176. The van der Waals surface area contributed by atoms with Crippen LogP contribution in [-0.2, 0) is 13.1 Å². The van der Waals surface area contributed by atoms with Gasteiger partial charge in [-0.1, -0.05) is 42.0 Å². The minimum Gasteiger partial charge on any atom is -0.326 e. The molecule has 0 amide bonds. The Balaban J connectivity index is 1.96. The molecule has 0 bridgehead atoms. The minimum absolute atomic E-state index is 0.262. The lowest BCUT2D eigenvalue weighted by molar-refractivity contribution is 0.722. The normalized spacial score (nSPS) is 10.9. The van der Waals surface area contributed by atoms with Gasteiger partial charge >= 0.3 is 10.6 Å². The number of hydrogen-bond acceptors (Lipinski definition) is 4. The molecular formula is C17H17N3O2S. The molecule has 3 aromatic rings. The summed E-state index contributed by atoms with van der Waals surface area (Å²) in [6.07, 6.45) is 0. The van der Waals surface area contributed by atoms with Gasteiger partial charge in [0.2, 0.25) is 0 Å². The van der Waals surface area contributed by atoms with Crippen LogP contribution >= 0.6 is 11.5 Å². The van der Waals surface area contributed by atoms with Crippen LogP contribution < -0.4 is 16.3 Å². The number of nitrogens with zero attached hydrogens (tertiary/aromatic N) is 2. The van der Waals surface area contributed by atoms with E-state index in [9.17, 15) is 9.59 Å². The van der Waals surface area contributed by atoms with E-state index in [1.165, 1.54) is 8.52 Å². The maximum atomic E-state index is 12.5. The Kier molecular flexibility index (Phi) is 4.27. The molecule has 0 aliphatic carbocycles. The summed E-state index contributed by atoms with van der Waals surface area (Å²) in [7, 11) is 0. The first kappa shape index (κ1) is 15.5. The molecule has 0 radical (unpaired) electrons. The summed E-state index contributed by atoms with van der Waals surface area (Å²) in [5, 5.41) is 0. The Morgan fingerprint density at radius 1 is 0.957 bits per heavy atom. The number of rotatable bonds is 4. The van der Waals surface area contributed by atoms with Crippen molar-refractivity contribution in [2.45, 2.75) is 20.0 Å². The van der Waals surface area contributed by atoms with Crippen LogP contribution in [0.5, 0.6) is 0 Å². The Morgan fingerprint density at radius 2 is 1.57 bits per heavy atom. The third-order valence-corrected chi connectivity index (χ3v) is 4.59. The molecule has 3 rings (SSSR count). The van der Waals surface area contributed by atoms with Gasteiger partial charge in [0.1, 0.15) is 0 Å². The Hall–Kier alpha value is -2.44. The van der Waals surface area contributed by atoms with Gasteiger partial charge in [-0.25, -0.2) is 13.3 Å². The summed E-state index contributed by atoms with van der Waals surface area (Å²) in [5.74, 6) is 0. The SMILES string of the molecule is Cc1ccc(-n2sc(=O)n(Cc3ccc(CN)cc3)c2=O)cc1. The van der Waals surface area contributed by atoms with E-state index in [1.807, 2.05) is 55.5 Å². The fourth-order valence-electron chi connectivity index (χ4n) is 2.29. The third-order valence-electron chi connectivity index (χ3n) is 3.66. The first-order valence-electron chi connectivity index (χ1n) is 7.26. The van der Waals surface area contributed by atoms with Crippen molar-refractivity contribution in [3.8, 4) is 5.69 Å². The van der Waals surface area contributed by atoms with Gasteiger partial charge in [-0.05, 0) is 30.2 Å². The largest absolute Gasteiger partial charge is 0.346 e. The van der Waals surface area contributed by atoms with Crippen molar-refractivity contribution in [1.29, 1.82) is 0 Å². The molecule has 0 saturated heterocycles. The van der Waals surface area contributed by atoms with Gasteiger partial charge in [-0.15, -0.1) is 0 Å². The second-order valence-corrected chi connectivity index (χ2v) is 6.27. The van der Waals surface area contributed by atoms with E-state index in [-0.39, 0.29) is 17.1 Å². The van der Waals surface area contributed by atoms with Gasteiger partial charge in [-0.3, -0.25) is 4.79 Å². The predicted octanol–water partition coefficient (Wildman–Crippen LogP) is 1.88. The zero-order chi connectivity index (χ0) is 16.4. The quantitative estimate of drug-likeness (QED) is 0.795. The first-order valence-corrected chi connectivity index (χ1v) is 8.04. The lowest BCUT2D eigenvalue weighted by atomic mass is 10.1. The van der Waals surface area contributed by atoms with Crippen LogP contribution in [0.1, 0.15) is 16.7 Å². The average Bonchev–Trinajstić information content (AvgIpc) is 2.84. The molecule has 1 heterocycles. The molecule has 0 spiro atoms. The monoisotopic (exact) mass is 327 g/mol. The highest BCUT2D eigenvalue weighted by atomic mass is 32.1. The molecule has 1 aromatic heterocycles. The van der Waals surface area contributed by atoms with Crippen LogP contribution in [0.4, 0.5) is 0 Å². The van der Waals surface area contributed by atoms with Gasteiger partial charge in [0.05, 0.1) is 12.2 Å². The third kappa shape index (κ3) is 3.18. The molecule has 23 heavy (non-hydrogen) atoms. The van der Waals surface area contributed by atoms with Gasteiger partial charge in [0, 0.05) is 18.1 Å².